The van der Waals surface area contributed by atoms with Gasteiger partial charge in [-0.1, -0.05) is 78.1 Å². The summed E-state index contributed by atoms with van der Waals surface area (Å²) in [6, 6.07) is 0. The second-order valence-corrected chi connectivity index (χ2v) is 12.2. The monoisotopic (exact) mass is 329 g/mol. The lowest BCUT2D eigenvalue weighted by molar-refractivity contribution is 0.548. The highest BCUT2D eigenvalue weighted by Crippen LogP contribution is 2.59. The molecule has 0 rings (SSSR count). The van der Waals surface area contributed by atoms with Crippen LogP contribution in [0.4, 0.5) is 0 Å². The molecule has 22 heavy (non-hydrogen) atoms. The maximum Gasteiger partial charge on any atom is 0.0594 e. The number of hydrogen-bond acceptors (Lipinski definition) is 0. The van der Waals surface area contributed by atoms with Gasteiger partial charge in [0, 0.05) is 7.26 Å². The van der Waals surface area contributed by atoms with Crippen molar-refractivity contribution in [3.8, 4) is 0 Å². The summed E-state index contributed by atoms with van der Waals surface area (Å²) in [5.41, 5.74) is 0. The largest absolute Gasteiger partial charge is 0.0654 e. The van der Waals surface area contributed by atoms with Crippen molar-refractivity contribution in [3.63, 3.8) is 0 Å². The zero-order valence-corrected chi connectivity index (χ0v) is 17.4. The molecule has 0 aromatic rings. The molecule has 134 valence electrons. The lowest BCUT2D eigenvalue weighted by Crippen LogP contribution is -2.08. The smallest absolute Gasteiger partial charge is 0.0594 e. The van der Waals surface area contributed by atoms with Crippen LogP contribution in [-0.4, -0.2) is 24.6 Å². The fourth-order valence-electron chi connectivity index (χ4n) is 3.73. The van der Waals surface area contributed by atoms with Gasteiger partial charge in [0.1, 0.15) is 0 Å². The van der Waals surface area contributed by atoms with Gasteiger partial charge in [0.2, 0.25) is 0 Å². The molecule has 0 saturated heterocycles. The summed E-state index contributed by atoms with van der Waals surface area (Å²) in [7, 11) is -0.538. The van der Waals surface area contributed by atoms with E-state index in [0.717, 1.165) is 0 Å². The average molecular weight is 330 g/mol. The minimum Gasteiger partial charge on any atom is -0.0654 e. The van der Waals surface area contributed by atoms with Gasteiger partial charge in [0.15, 0.2) is 0 Å². The average Bonchev–Trinajstić information content (AvgIpc) is 2.55. The molecule has 0 saturated carbocycles. The first-order chi connectivity index (χ1) is 10.7. The molecule has 0 aliphatic heterocycles. The van der Waals surface area contributed by atoms with Gasteiger partial charge in [-0.05, 0) is 33.1 Å². The summed E-state index contributed by atoms with van der Waals surface area (Å²) in [6.45, 7) is 9.58. The van der Waals surface area contributed by atoms with Gasteiger partial charge in [-0.15, -0.1) is 0 Å². The van der Waals surface area contributed by atoms with Gasteiger partial charge in [-0.2, -0.15) is 0 Å². The molecule has 0 heterocycles. The van der Waals surface area contributed by atoms with Crippen LogP contribution in [0.5, 0.6) is 0 Å². The molecule has 0 spiro atoms. The fraction of sp³-hybridized carbons (Fsp3) is 1.00. The predicted octanol–water partition coefficient (Wildman–Crippen LogP) is 8.15. The van der Waals surface area contributed by atoms with Crippen molar-refractivity contribution in [2.24, 2.45) is 0 Å². The Kier molecular flexibility index (Phi) is 16.6. The second-order valence-electron chi connectivity index (χ2n) is 7.31. The molecule has 0 aromatic heterocycles. The van der Waals surface area contributed by atoms with E-state index >= 15 is 0 Å². The Morgan fingerprint density at radius 2 is 0.818 bits per heavy atom. The fourth-order valence-corrected chi connectivity index (χ4v) is 7.51. The van der Waals surface area contributed by atoms with Crippen molar-refractivity contribution in [1.29, 1.82) is 0 Å². The van der Waals surface area contributed by atoms with E-state index < -0.39 is 7.26 Å². The molecule has 0 unspecified atom stereocenters. The topological polar surface area (TPSA) is 0 Å². The van der Waals surface area contributed by atoms with Crippen LogP contribution in [0.25, 0.3) is 0 Å². The normalized spacial score (nSPS) is 12.0. The van der Waals surface area contributed by atoms with Crippen LogP contribution in [0.2, 0.25) is 0 Å². The standard InChI is InChI=1S/C21H46P/c1-5-9-10-11-12-13-14-15-16-17-18-19-21-22(7-3,8-4)20-6-2/h5-21H2,1-4H3/q+1. The predicted molar refractivity (Wildman–Crippen MR) is 109 cm³/mol. The van der Waals surface area contributed by atoms with Crippen molar-refractivity contribution in [3.05, 3.63) is 0 Å². The zero-order valence-electron chi connectivity index (χ0n) is 16.5. The van der Waals surface area contributed by atoms with Gasteiger partial charge in [0.25, 0.3) is 0 Å². The molecule has 0 atom stereocenters. The van der Waals surface area contributed by atoms with E-state index in [4.69, 9.17) is 0 Å². The quantitative estimate of drug-likeness (QED) is 0.186. The Balaban J connectivity index is 3.38. The minimum atomic E-state index is -0.538. The summed E-state index contributed by atoms with van der Waals surface area (Å²) in [5.74, 6) is 0. The van der Waals surface area contributed by atoms with Gasteiger partial charge in [-0.25, -0.2) is 0 Å². The second kappa shape index (κ2) is 16.3. The van der Waals surface area contributed by atoms with E-state index in [1.165, 1.54) is 95.8 Å². The SMILES string of the molecule is CCCCCCCCCCCCCC[P+](CC)(CC)CCC. The Hall–Kier alpha value is 0.430. The van der Waals surface area contributed by atoms with E-state index in [2.05, 4.69) is 27.7 Å². The number of hydrogen-bond donors (Lipinski definition) is 0. The van der Waals surface area contributed by atoms with Crippen molar-refractivity contribution in [1.82, 2.24) is 0 Å². The van der Waals surface area contributed by atoms with Crippen LogP contribution < -0.4 is 0 Å². The van der Waals surface area contributed by atoms with Gasteiger partial charge < -0.3 is 0 Å². The van der Waals surface area contributed by atoms with Crippen LogP contribution in [0.3, 0.4) is 0 Å². The highest BCUT2D eigenvalue weighted by Gasteiger charge is 2.31. The van der Waals surface area contributed by atoms with Crippen LogP contribution >= 0.6 is 7.26 Å². The van der Waals surface area contributed by atoms with E-state index in [0.29, 0.717) is 0 Å². The molecule has 0 aliphatic carbocycles. The minimum absolute atomic E-state index is 0.538. The third-order valence-electron chi connectivity index (χ3n) is 5.53. The first-order valence-electron chi connectivity index (χ1n) is 10.6. The zero-order chi connectivity index (χ0) is 16.5. The van der Waals surface area contributed by atoms with Crippen LogP contribution in [0.15, 0.2) is 0 Å². The van der Waals surface area contributed by atoms with Gasteiger partial charge in [-0.3, -0.25) is 0 Å². The van der Waals surface area contributed by atoms with E-state index in [1.54, 1.807) is 12.3 Å². The molecule has 0 aliphatic rings. The van der Waals surface area contributed by atoms with Crippen molar-refractivity contribution in [2.75, 3.05) is 24.6 Å². The van der Waals surface area contributed by atoms with Gasteiger partial charge >= 0.3 is 0 Å². The van der Waals surface area contributed by atoms with E-state index in [9.17, 15) is 0 Å². The molecular weight excluding hydrogens is 283 g/mol. The highest BCUT2D eigenvalue weighted by atomic mass is 31.2. The summed E-state index contributed by atoms with van der Waals surface area (Å²) in [4.78, 5) is 0. The summed E-state index contributed by atoms with van der Waals surface area (Å²) >= 11 is 0. The molecule has 0 N–H and O–H groups in total. The molecular formula is C21H46P+. The van der Waals surface area contributed by atoms with Crippen molar-refractivity contribution < 1.29 is 0 Å². The number of unbranched alkanes of at least 4 members (excludes halogenated alkanes) is 11. The molecule has 0 radical (unpaired) electrons. The molecule has 0 bridgehead atoms. The van der Waals surface area contributed by atoms with E-state index in [-0.39, 0.29) is 0 Å². The molecule has 0 aromatic carbocycles. The lowest BCUT2D eigenvalue weighted by atomic mass is 10.1. The Bertz CT molecular complexity index is 208. The Labute approximate surface area is 143 Å². The lowest BCUT2D eigenvalue weighted by Gasteiger charge is -2.24. The summed E-state index contributed by atoms with van der Waals surface area (Å²) in [5, 5.41) is 0. The van der Waals surface area contributed by atoms with Crippen LogP contribution in [-0.2, 0) is 0 Å². The first-order valence-corrected chi connectivity index (χ1v) is 13.1. The van der Waals surface area contributed by atoms with Crippen LogP contribution in [0.1, 0.15) is 111 Å². The molecule has 0 fully saturated rings. The molecule has 0 nitrogen and oxygen atoms in total. The van der Waals surface area contributed by atoms with Crippen molar-refractivity contribution >= 4 is 7.26 Å². The third kappa shape index (κ3) is 11.9. The Morgan fingerprint density at radius 3 is 1.18 bits per heavy atom. The third-order valence-corrected chi connectivity index (χ3v) is 10.9. The first kappa shape index (κ1) is 22.4. The van der Waals surface area contributed by atoms with Crippen LogP contribution in [0, 0.1) is 0 Å². The summed E-state index contributed by atoms with van der Waals surface area (Å²) in [6.07, 6.45) is 25.3. The maximum atomic E-state index is 2.45. The molecule has 0 amide bonds. The van der Waals surface area contributed by atoms with Gasteiger partial charge in [0.05, 0.1) is 24.6 Å². The summed E-state index contributed by atoms with van der Waals surface area (Å²) < 4.78 is 0. The Morgan fingerprint density at radius 1 is 0.409 bits per heavy atom. The highest BCUT2D eigenvalue weighted by molar-refractivity contribution is 7.75. The van der Waals surface area contributed by atoms with Crippen molar-refractivity contribution in [2.45, 2.75) is 111 Å². The number of rotatable bonds is 17. The van der Waals surface area contributed by atoms with E-state index in [1.807, 2.05) is 0 Å². The maximum absolute atomic E-state index is 2.45. The molecule has 1 heteroatoms.